The fourth-order valence-corrected chi connectivity index (χ4v) is 4.69. The van der Waals surface area contributed by atoms with E-state index >= 15 is 0 Å². The third kappa shape index (κ3) is 11.8. The largest absolute Gasteiger partial charge is 0.453 e. The molecular formula is C31H44BrN5O5. The molecule has 0 fully saturated rings. The van der Waals surface area contributed by atoms with Gasteiger partial charge in [0, 0.05) is 30.5 Å². The Hall–Kier alpha value is -3.44. The van der Waals surface area contributed by atoms with Gasteiger partial charge in [0.15, 0.2) is 0 Å². The molecule has 0 bridgehead atoms. The van der Waals surface area contributed by atoms with Gasteiger partial charge in [-0.25, -0.2) is 9.80 Å². The molecule has 42 heavy (non-hydrogen) atoms. The number of nitrogens with one attached hydrogen (secondary N) is 4. The highest BCUT2D eigenvalue weighted by Crippen LogP contribution is 2.21. The average molecular weight is 647 g/mol. The highest BCUT2D eigenvalue weighted by atomic mass is 79.9. The molecule has 230 valence electrons. The monoisotopic (exact) mass is 645 g/mol. The number of alkyl carbamates (subject to hydrolysis) is 1. The van der Waals surface area contributed by atoms with Gasteiger partial charge in [-0.1, -0.05) is 79.2 Å². The van der Waals surface area contributed by atoms with Gasteiger partial charge in [0.25, 0.3) is 5.91 Å². The Bertz CT molecular complexity index is 1170. The number of methoxy groups -OCH3 is 1. The maximum Gasteiger partial charge on any atom is 0.407 e. The molecule has 10 nitrogen and oxygen atoms in total. The second kappa shape index (κ2) is 16.9. The number of nitrogens with zero attached hydrogens (tertiary/aromatic N) is 1. The van der Waals surface area contributed by atoms with Gasteiger partial charge < -0.3 is 20.7 Å². The van der Waals surface area contributed by atoms with Crippen LogP contribution in [0.25, 0.3) is 0 Å². The lowest BCUT2D eigenvalue weighted by atomic mass is 9.86. The molecule has 4 amide bonds. The summed E-state index contributed by atoms with van der Waals surface area (Å²) in [4.78, 5) is 50.7. The molecule has 0 aliphatic carbocycles. The van der Waals surface area contributed by atoms with E-state index in [-0.39, 0.29) is 23.6 Å². The van der Waals surface area contributed by atoms with E-state index in [1.807, 2.05) is 75.4 Å². The number of amides is 4. The van der Waals surface area contributed by atoms with Crippen LogP contribution in [0.15, 0.2) is 59.1 Å². The first kappa shape index (κ1) is 34.8. The number of hydrazine groups is 1. The van der Waals surface area contributed by atoms with E-state index in [4.69, 9.17) is 4.74 Å². The van der Waals surface area contributed by atoms with Crippen LogP contribution in [0, 0.1) is 11.3 Å². The molecule has 11 heteroatoms. The van der Waals surface area contributed by atoms with Crippen LogP contribution in [0.4, 0.5) is 4.79 Å². The predicted octanol–water partition coefficient (Wildman–Crippen LogP) is 3.94. The van der Waals surface area contributed by atoms with E-state index in [1.54, 1.807) is 11.9 Å². The van der Waals surface area contributed by atoms with Crippen molar-refractivity contribution in [1.29, 1.82) is 0 Å². The molecule has 0 radical (unpaired) electrons. The first-order chi connectivity index (χ1) is 19.8. The van der Waals surface area contributed by atoms with E-state index < -0.39 is 23.6 Å². The molecular weight excluding hydrogens is 602 g/mol. The van der Waals surface area contributed by atoms with Crippen molar-refractivity contribution in [3.05, 3.63) is 70.2 Å². The van der Waals surface area contributed by atoms with Gasteiger partial charge in [-0.2, -0.15) is 0 Å². The van der Waals surface area contributed by atoms with Gasteiger partial charge >= 0.3 is 6.09 Å². The van der Waals surface area contributed by atoms with Crippen molar-refractivity contribution in [3.8, 4) is 0 Å². The number of benzene rings is 2. The highest BCUT2D eigenvalue weighted by Gasteiger charge is 2.34. The molecule has 0 saturated heterocycles. The van der Waals surface area contributed by atoms with E-state index in [0.717, 1.165) is 15.6 Å². The number of carbonyl (C=O) groups excluding carboxylic acids is 4. The van der Waals surface area contributed by atoms with Crippen LogP contribution in [0.3, 0.4) is 0 Å². The Kier molecular flexibility index (Phi) is 14.0. The number of rotatable bonds is 14. The Labute approximate surface area is 257 Å². The average Bonchev–Trinajstić information content (AvgIpc) is 2.95. The van der Waals surface area contributed by atoms with Crippen LogP contribution >= 0.6 is 15.9 Å². The Morgan fingerprint density at radius 3 is 2.12 bits per heavy atom. The fraction of sp³-hybridized carbons (Fsp3) is 0.484. The summed E-state index contributed by atoms with van der Waals surface area (Å²) in [5, 5.41) is 9.83. The van der Waals surface area contributed by atoms with E-state index in [9.17, 15) is 19.2 Å². The topological polar surface area (TPSA) is 129 Å². The summed E-state index contributed by atoms with van der Waals surface area (Å²) in [6.45, 7) is 8.09. The van der Waals surface area contributed by atoms with Crippen molar-refractivity contribution in [1.82, 2.24) is 26.4 Å². The highest BCUT2D eigenvalue weighted by molar-refractivity contribution is 9.10. The molecule has 0 spiro atoms. The van der Waals surface area contributed by atoms with Gasteiger partial charge in [-0.05, 0) is 54.9 Å². The molecule has 0 saturated carbocycles. The quantitative estimate of drug-likeness (QED) is 0.230. The zero-order valence-electron chi connectivity index (χ0n) is 25.3. The summed E-state index contributed by atoms with van der Waals surface area (Å²) in [5.41, 5.74) is 4.40. The van der Waals surface area contributed by atoms with Crippen LogP contribution in [0.1, 0.15) is 51.7 Å². The molecule has 2 rings (SSSR count). The maximum atomic E-state index is 13.4. The fourth-order valence-electron chi connectivity index (χ4n) is 4.42. The SMILES string of the molecule is CNC(=O)[C@H](C)NC(=O)[C@@H](CCCN(Cc1ccc(Br)cc1)NC(=O)[C@@H](NC(=O)OC)C(C)(C)C)Cc1ccccc1. The first-order valence-electron chi connectivity index (χ1n) is 14.0. The number of carbonyl (C=O) groups is 4. The molecule has 0 unspecified atom stereocenters. The van der Waals surface area contributed by atoms with Crippen LogP contribution in [-0.4, -0.2) is 61.6 Å². The van der Waals surface area contributed by atoms with E-state index in [0.29, 0.717) is 32.4 Å². The molecule has 2 aromatic carbocycles. The van der Waals surface area contributed by atoms with Crippen molar-refractivity contribution >= 4 is 39.7 Å². The zero-order chi connectivity index (χ0) is 31.3. The first-order valence-corrected chi connectivity index (χ1v) is 14.8. The predicted molar refractivity (Wildman–Crippen MR) is 166 cm³/mol. The molecule has 0 aliphatic heterocycles. The number of likely N-dealkylation sites (N-methyl/N-ethyl adjacent to an activating group) is 1. The number of halogens is 1. The maximum absolute atomic E-state index is 13.4. The summed E-state index contributed by atoms with van der Waals surface area (Å²) in [5.74, 6) is -1.22. The number of ether oxygens (including phenoxy) is 1. The van der Waals surface area contributed by atoms with Crippen molar-refractivity contribution < 1.29 is 23.9 Å². The van der Waals surface area contributed by atoms with E-state index in [2.05, 4.69) is 37.3 Å². The summed E-state index contributed by atoms with van der Waals surface area (Å²) in [6, 6.07) is 16.0. The van der Waals surface area contributed by atoms with Gasteiger partial charge in [0.1, 0.15) is 12.1 Å². The Balaban J connectivity index is 2.21. The summed E-state index contributed by atoms with van der Waals surface area (Å²) in [7, 11) is 2.79. The van der Waals surface area contributed by atoms with Crippen LogP contribution in [-0.2, 0) is 32.1 Å². The minimum Gasteiger partial charge on any atom is -0.453 e. The molecule has 3 atom stereocenters. The molecule has 0 heterocycles. The van der Waals surface area contributed by atoms with Crippen LogP contribution in [0.5, 0.6) is 0 Å². The molecule has 0 aliphatic rings. The summed E-state index contributed by atoms with van der Waals surface area (Å²) < 4.78 is 5.68. The molecule has 0 aromatic heterocycles. The van der Waals surface area contributed by atoms with Gasteiger partial charge in [-0.3, -0.25) is 19.8 Å². The van der Waals surface area contributed by atoms with Crippen LogP contribution < -0.4 is 21.4 Å². The second-order valence-corrected chi connectivity index (χ2v) is 12.2. The van der Waals surface area contributed by atoms with E-state index in [1.165, 1.54) is 14.2 Å². The van der Waals surface area contributed by atoms with Gasteiger partial charge in [0.05, 0.1) is 7.11 Å². The number of hydrogen-bond donors (Lipinski definition) is 4. The second-order valence-electron chi connectivity index (χ2n) is 11.3. The van der Waals surface area contributed by atoms with Crippen molar-refractivity contribution in [2.24, 2.45) is 11.3 Å². The Morgan fingerprint density at radius 2 is 1.55 bits per heavy atom. The lowest BCUT2D eigenvalue weighted by Crippen LogP contribution is -2.57. The third-order valence-electron chi connectivity index (χ3n) is 6.81. The standard InChI is InChI=1S/C31H44BrN5O5/c1-21(27(38)33-5)34-28(39)24(19-22-11-8-7-9-12-22)13-10-18-37(20-23-14-16-25(32)17-15-23)36-29(40)26(31(2,3)4)35-30(41)42-6/h7-9,11-12,14-17,21,24,26H,10,13,18-20H2,1-6H3,(H,33,38)(H,34,39)(H,35,41)(H,36,40)/t21-,24-,26+/m0/s1. The number of hydrogen-bond acceptors (Lipinski definition) is 6. The van der Waals surface area contributed by atoms with Crippen molar-refractivity contribution in [2.45, 2.75) is 65.6 Å². The zero-order valence-corrected chi connectivity index (χ0v) is 26.9. The lowest BCUT2D eigenvalue weighted by Gasteiger charge is -2.32. The summed E-state index contributed by atoms with van der Waals surface area (Å²) >= 11 is 3.45. The van der Waals surface area contributed by atoms with Crippen molar-refractivity contribution in [2.75, 3.05) is 20.7 Å². The molecule has 4 N–H and O–H groups in total. The van der Waals surface area contributed by atoms with Crippen LogP contribution in [0.2, 0.25) is 0 Å². The minimum atomic E-state index is -0.847. The lowest BCUT2D eigenvalue weighted by molar-refractivity contribution is -0.131. The third-order valence-corrected chi connectivity index (χ3v) is 7.33. The van der Waals surface area contributed by atoms with Gasteiger partial charge in [-0.15, -0.1) is 0 Å². The molecule has 2 aromatic rings. The Morgan fingerprint density at radius 1 is 0.905 bits per heavy atom. The van der Waals surface area contributed by atoms with Crippen molar-refractivity contribution in [3.63, 3.8) is 0 Å². The minimum absolute atomic E-state index is 0.200. The summed E-state index contributed by atoms with van der Waals surface area (Å²) in [6.07, 6.45) is 0.935. The van der Waals surface area contributed by atoms with Gasteiger partial charge in [0.2, 0.25) is 11.8 Å². The normalized spacial score (nSPS) is 13.4. The smallest absolute Gasteiger partial charge is 0.407 e.